The summed E-state index contributed by atoms with van der Waals surface area (Å²) in [5.41, 5.74) is 4.96. The Morgan fingerprint density at radius 1 is 0.893 bits per heavy atom. The molecule has 1 fully saturated rings. The molecule has 0 saturated carbocycles. The Labute approximate surface area is 164 Å². The lowest BCUT2D eigenvalue weighted by molar-refractivity contribution is 0.645. The van der Waals surface area contributed by atoms with Crippen LogP contribution in [0.15, 0.2) is 36.7 Å². The summed E-state index contributed by atoms with van der Waals surface area (Å²) in [6, 6.07) is 12.3. The summed E-state index contributed by atoms with van der Waals surface area (Å²) in [5.74, 6) is 1.72. The van der Waals surface area contributed by atoms with E-state index in [1.165, 1.54) is 5.69 Å². The lowest BCUT2D eigenvalue weighted by atomic mass is 10.1. The molecule has 0 bridgehead atoms. The van der Waals surface area contributed by atoms with Crippen LogP contribution in [0, 0.1) is 32.1 Å². The molecule has 1 aliphatic heterocycles. The number of hydrogen-bond donors (Lipinski definition) is 0. The molecule has 2 aromatic heterocycles. The molecule has 28 heavy (non-hydrogen) atoms. The highest BCUT2D eigenvalue weighted by Gasteiger charge is 2.19. The van der Waals surface area contributed by atoms with Crippen molar-refractivity contribution in [2.45, 2.75) is 20.8 Å². The van der Waals surface area contributed by atoms with E-state index >= 15 is 0 Å². The molecule has 0 radical (unpaired) electrons. The molecule has 1 saturated heterocycles. The van der Waals surface area contributed by atoms with Crippen LogP contribution in [-0.4, -0.2) is 45.9 Å². The van der Waals surface area contributed by atoms with E-state index in [9.17, 15) is 0 Å². The Bertz CT molecular complexity index is 1040. The molecule has 0 N–H and O–H groups in total. The summed E-state index contributed by atoms with van der Waals surface area (Å²) in [5, 5.41) is 13.6. The molecule has 1 aromatic carbocycles. The van der Waals surface area contributed by atoms with Crippen LogP contribution in [0.25, 0.3) is 5.82 Å². The maximum Gasteiger partial charge on any atom is 0.159 e. The van der Waals surface area contributed by atoms with Crippen molar-refractivity contribution in [3.63, 3.8) is 0 Å². The third-order valence-corrected chi connectivity index (χ3v) is 5.16. The van der Waals surface area contributed by atoms with Crippen LogP contribution >= 0.6 is 0 Å². The number of aryl methyl sites for hydroxylation is 3. The smallest absolute Gasteiger partial charge is 0.159 e. The first-order chi connectivity index (χ1) is 13.5. The first kappa shape index (κ1) is 18.0. The molecule has 3 aromatic rings. The number of aromatic nitrogens is 4. The van der Waals surface area contributed by atoms with Gasteiger partial charge < -0.3 is 9.80 Å². The van der Waals surface area contributed by atoms with Crippen molar-refractivity contribution < 1.29 is 0 Å². The summed E-state index contributed by atoms with van der Waals surface area (Å²) in [7, 11) is 0. The zero-order valence-corrected chi connectivity index (χ0v) is 16.4. The van der Waals surface area contributed by atoms with E-state index in [4.69, 9.17) is 5.26 Å². The highest BCUT2D eigenvalue weighted by atomic mass is 15.3. The fourth-order valence-electron chi connectivity index (χ4n) is 3.65. The van der Waals surface area contributed by atoms with Gasteiger partial charge in [-0.05, 0) is 50.6 Å². The average Bonchev–Trinajstić information content (AvgIpc) is 3.06. The van der Waals surface area contributed by atoms with E-state index in [1.54, 1.807) is 6.33 Å². The number of hydrogen-bond acceptors (Lipinski definition) is 6. The standard InChI is InChI=1S/C21H23N7/c1-15-10-19(5-4-18(15)13-22)26-6-8-27(9-7-26)20-12-21(24-14-23-20)28-17(3)11-16(2)25-28/h4-5,10-12,14H,6-9H2,1-3H3. The maximum atomic E-state index is 9.12. The number of anilines is 2. The number of rotatable bonds is 3. The Kier molecular flexibility index (Phi) is 4.70. The van der Waals surface area contributed by atoms with Gasteiger partial charge in [0.25, 0.3) is 0 Å². The van der Waals surface area contributed by atoms with Gasteiger partial charge in [0.1, 0.15) is 12.1 Å². The number of nitrogens with zero attached hydrogens (tertiary/aromatic N) is 7. The van der Waals surface area contributed by atoms with E-state index in [-0.39, 0.29) is 0 Å². The predicted octanol–water partition coefficient (Wildman–Crippen LogP) is 2.79. The minimum atomic E-state index is 0.736. The zero-order chi connectivity index (χ0) is 19.7. The van der Waals surface area contributed by atoms with Crippen LogP contribution in [0.4, 0.5) is 11.5 Å². The fourth-order valence-corrected chi connectivity index (χ4v) is 3.65. The normalized spacial score (nSPS) is 14.2. The van der Waals surface area contributed by atoms with Crippen LogP contribution in [-0.2, 0) is 0 Å². The topological polar surface area (TPSA) is 73.9 Å². The molecule has 0 spiro atoms. The van der Waals surface area contributed by atoms with E-state index in [2.05, 4.69) is 37.0 Å². The number of nitriles is 1. The zero-order valence-electron chi connectivity index (χ0n) is 16.4. The monoisotopic (exact) mass is 373 g/mol. The molecule has 0 unspecified atom stereocenters. The van der Waals surface area contributed by atoms with E-state index < -0.39 is 0 Å². The molecule has 7 nitrogen and oxygen atoms in total. The van der Waals surface area contributed by atoms with Crippen molar-refractivity contribution in [2.75, 3.05) is 36.0 Å². The SMILES string of the molecule is Cc1cc(C)n(-c2cc(N3CCN(c4ccc(C#N)c(C)c4)CC3)ncn2)n1. The molecule has 0 atom stereocenters. The van der Waals surface area contributed by atoms with Crippen molar-refractivity contribution in [2.24, 2.45) is 0 Å². The third-order valence-electron chi connectivity index (χ3n) is 5.16. The molecular weight excluding hydrogens is 350 g/mol. The number of benzene rings is 1. The molecule has 142 valence electrons. The molecule has 1 aliphatic rings. The molecule has 4 rings (SSSR count). The lowest BCUT2D eigenvalue weighted by Gasteiger charge is -2.37. The van der Waals surface area contributed by atoms with Crippen molar-refractivity contribution in [3.8, 4) is 11.9 Å². The minimum Gasteiger partial charge on any atom is -0.368 e. The van der Waals surface area contributed by atoms with Crippen LogP contribution in [0.2, 0.25) is 0 Å². The third kappa shape index (κ3) is 3.41. The van der Waals surface area contributed by atoms with Crippen LogP contribution in [0.5, 0.6) is 0 Å². The Balaban J connectivity index is 1.48. The second kappa shape index (κ2) is 7.31. The predicted molar refractivity (Wildman–Crippen MR) is 109 cm³/mol. The highest BCUT2D eigenvalue weighted by molar-refractivity contribution is 5.55. The van der Waals surface area contributed by atoms with Crippen molar-refractivity contribution in [1.82, 2.24) is 19.7 Å². The molecule has 0 aliphatic carbocycles. The first-order valence-corrected chi connectivity index (χ1v) is 9.41. The van der Waals surface area contributed by atoms with Crippen molar-refractivity contribution in [3.05, 3.63) is 59.2 Å². The quantitative estimate of drug-likeness (QED) is 0.703. The van der Waals surface area contributed by atoms with Gasteiger partial charge in [-0.2, -0.15) is 10.4 Å². The fraction of sp³-hybridized carbons (Fsp3) is 0.333. The molecule has 0 amide bonds. The van der Waals surface area contributed by atoms with Gasteiger partial charge in [0, 0.05) is 43.6 Å². The van der Waals surface area contributed by atoms with E-state index in [0.29, 0.717) is 0 Å². The van der Waals surface area contributed by atoms with Crippen LogP contribution in [0.3, 0.4) is 0 Å². The summed E-state index contributed by atoms with van der Waals surface area (Å²) in [6.07, 6.45) is 1.61. The lowest BCUT2D eigenvalue weighted by Crippen LogP contribution is -2.46. The summed E-state index contributed by atoms with van der Waals surface area (Å²) in [4.78, 5) is 13.5. The van der Waals surface area contributed by atoms with Gasteiger partial charge in [0.15, 0.2) is 5.82 Å². The van der Waals surface area contributed by atoms with Gasteiger partial charge in [0.05, 0.1) is 17.3 Å². The Hall–Kier alpha value is -3.40. The molecule has 7 heteroatoms. The van der Waals surface area contributed by atoms with Gasteiger partial charge in [-0.15, -0.1) is 0 Å². The van der Waals surface area contributed by atoms with Gasteiger partial charge in [-0.3, -0.25) is 0 Å². The van der Waals surface area contributed by atoms with Crippen LogP contribution in [0.1, 0.15) is 22.5 Å². The summed E-state index contributed by atoms with van der Waals surface area (Å²) >= 11 is 0. The average molecular weight is 373 g/mol. The summed E-state index contributed by atoms with van der Waals surface area (Å²) < 4.78 is 1.86. The van der Waals surface area contributed by atoms with Gasteiger partial charge in [0.2, 0.25) is 0 Å². The van der Waals surface area contributed by atoms with Crippen molar-refractivity contribution >= 4 is 11.5 Å². The Morgan fingerprint density at radius 3 is 2.25 bits per heavy atom. The highest BCUT2D eigenvalue weighted by Crippen LogP contribution is 2.22. The Morgan fingerprint density at radius 2 is 1.61 bits per heavy atom. The first-order valence-electron chi connectivity index (χ1n) is 9.41. The second-order valence-electron chi connectivity index (χ2n) is 7.16. The number of piperazine rings is 1. The van der Waals surface area contributed by atoms with Gasteiger partial charge >= 0.3 is 0 Å². The molecular formula is C21H23N7. The van der Waals surface area contributed by atoms with Gasteiger partial charge in [-0.25, -0.2) is 14.6 Å². The second-order valence-corrected chi connectivity index (χ2v) is 7.16. The minimum absolute atomic E-state index is 0.736. The largest absolute Gasteiger partial charge is 0.368 e. The van der Waals surface area contributed by atoms with Gasteiger partial charge in [-0.1, -0.05) is 0 Å². The van der Waals surface area contributed by atoms with Crippen LogP contribution < -0.4 is 9.80 Å². The maximum absolute atomic E-state index is 9.12. The summed E-state index contributed by atoms with van der Waals surface area (Å²) in [6.45, 7) is 9.57. The van der Waals surface area contributed by atoms with E-state index in [1.807, 2.05) is 49.7 Å². The van der Waals surface area contributed by atoms with E-state index in [0.717, 1.165) is 60.3 Å². The molecule has 3 heterocycles. The van der Waals surface area contributed by atoms with Crippen molar-refractivity contribution in [1.29, 1.82) is 5.26 Å².